The first kappa shape index (κ1) is 36.2. The Morgan fingerprint density at radius 3 is 1.80 bits per heavy atom. The van der Waals surface area contributed by atoms with Crippen LogP contribution >= 0.6 is 0 Å². The standard InChI is InChI=1S/C47H44N8O/c1-5-17-42-48-40-30-31-41(50-45(56)46(2,3)4)49-44(40)54(42)32-33-26-28-34(29-27-33)38-24-15-16-25-39(38)43-51-52-53-55(43)47(35-18-9-6-10-19-35,36-20-11-7-12-21-36)37-22-13-8-14-23-37/h6-16,18-31H,5,17,32H2,1-4H3,(H,49,50,56). The van der Waals surface area contributed by atoms with Gasteiger partial charge in [-0.2, -0.15) is 0 Å². The number of aryl methyl sites for hydroxylation is 1. The van der Waals surface area contributed by atoms with Gasteiger partial charge in [-0.05, 0) is 62.4 Å². The van der Waals surface area contributed by atoms with Crippen molar-refractivity contribution in [3.8, 4) is 22.5 Å². The van der Waals surface area contributed by atoms with Crippen LogP contribution in [0.25, 0.3) is 33.7 Å². The largest absolute Gasteiger partial charge is 0.310 e. The molecule has 3 aromatic heterocycles. The van der Waals surface area contributed by atoms with Crippen LogP contribution < -0.4 is 5.32 Å². The van der Waals surface area contributed by atoms with E-state index in [0.29, 0.717) is 18.2 Å². The molecule has 0 aliphatic carbocycles. The normalized spacial score (nSPS) is 11.9. The van der Waals surface area contributed by atoms with Crippen molar-refractivity contribution in [2.45, 2.75) is 52.6 Å². The van der Waals surface area contributed by atoms with Crippen LogP contribution in [0.4, 0.5) is 5.82 Å². The molecule has 1 amide bonds. The lowest BCUT2D eigenvalue weighted by Crippen LogP contribution is -2.39. The third-order valence-corrected chi connectivity index (χ3v) is 10.2. The molecule has 3 heterocycles. The number of imidazole rings is 1. The Bertz CT molecular complexity index is 2490. The Hall–Kier alpha value is -6.74. The number of nitrogens with zero attached hydrogens (tertiary/aromatic N) is 7. The van der Waals surface area contributed by atoms with E-state index in [9.17, 15) is 4.79 Å². The van der Waals surface area contributed by atoms with Crippen molar-refractivity contribution in [1.29, 1.82) is 0 Å². The van der Waals surface area contributed by atoms with E-state index < -0.39 is 11.0 Å². The van der Waals surface area contributed by atoms with Crippen molar-refractivity contribution in [3.63, 3.8) is 0 Å². The molecule has 9 heteroatoms. The molecule has 0 aliphatic rings. The average molecular weight is 737 g/mol. The lowest BCUT2D eigenvalue weighted by Gasteiger charge is -2.36. The summed E-state index contributed by atoms with van der Waals surface area (Å²) in [6.45, 7) is 8.41. The van der Waals surface area contributed by atoms with Crippen LogP contribution in [-0.2, 0) is 23.3 Å². The average Bonchev–Trinajstić information content (AvgIpc) is 3.85. The summed E-state index contributed by atoms with van der Waals surface area (Å²) in [5, 5.41) is 16.8. The number of pyridine rings is 1. The lowest BCUT2D eigenvalue weighted by molar-refractivity contribution is -0.123. The van der Waals surface area contributed by atoms with Crippen molar-refractivity contribution >= 4 is 22.9 Å². The number of aromatic nitrogens is 7. The van der Waals surface area contributed by atoms with Crippen LogP contribution in [0.5, 0.6) is 0 Å². The van der Waals surface area contributed by atoms with Crippen LogP contribution in [0, 0.1) is 5.41 Å². The third kappa shape index (κ3) is 6.77. The summed E-state index contributed by atoms with van der Waals surface area (Å²) in [4.78, 5) is 22.6. The number of fused-ring (bicyclic) bond motifs is 1. The predicted octanol–water partition coefficient (Wildman–Crippen LogP) is 9.58. The van der Waals surface area contributed by atoms with Crippen LogP contribution in [0.3, 0.4) is 0 Å². The molecule has 5 aromatic carbocycles. The molecule has 0 unspecified atom stereocenters. The fourth-order valence-corrected chi connectivity index (χ4v) is 7.39. The predicted molar refractivity (Wildman–Crippen MR) is 222 cm³/mol. The molecular formula is C47H44N8O. The van der Waals surface area contributed by atoms with Gasteiger partial charge in [0.05, 0.1) is 6.54 Å². The molecule has 0 aliphatic heterocycles. The highest BCUT2D eigenvalue weighted by molar-refractivity contribution is 5.94. The van der Waals surface area contributed by atoms with Gasteiger partial charge < -0.3 is 9.88 Å². The van der Waals surface area contributed by atoms with E-state index in [1.165, 1.54) is 0 Å². The minimum absolute atomic E-state index is 0.0833. The van der Waals surface area contributed by atoms with Gasteiger partial charge in [0.25, 0.3) is 0 Å². The van der Waals surface area contributed by atoms with Crippen LogP contribution in [0.15, 0.2) is 152 Å². The molecule has 278 valence electrons. The van der Waals surface area contributed by atoms with E-state index in [1.54, 1.807) is 0 Å². The topological polar surface area (TPSA) is 103 Å². The molecule has 56 heavy (non-hydrogen) atoms. The molecule has 8 rings (SSSR count). The van der Waals surface area contributed by atoms with Gasteiger partial charge >= 0.3 is 0 Å². The molecule has 0 bridgehead atoms. The zero-order valence-corrected chi connectivity index (χ0v) is 32.1. The number of rotatable bonds is 11. The van der Waals surface area contributed by atoms with Crippen molar-refractivity contribution in [3.05, 3.63) is 180 Å². The molecule has 0 saturated heterocycles. The monoisotopic (exact) mass is 736 g/mol. The van der Waals surface area contributed by atoms with E-state index in [1.807, 2.05) is 61.9 Å². The smallest absolute Gasteiger partial charge is 0.230 e. The Morgan fingerprint density at radius 1 is 0.661 bits per heavy atom. The molecule has 0 atom stereocenters. The van der Waals surface area contributed by atoms with Crippen molar-refractivity contribution in [2.75, 3.05) is 5.32 Å². The summed E-state index contributed by atoms with van der Waals surface area (Å²) in [5.74, 6) is 2.05. The molecule has 8 aromatic rings. The Labute approximate surface area is 327 Å². The third-order valence-electron chi connectivity index (χ3n) is 10.2. The maximum atomic E-state index is 12.8. The number of benzene rings is 5. The van der Waals surface area contributed by atoms with Crippen molar-refractivity contribution in [1.82, 2.24) is 34.7 Å². The van der Waals surface area contributed by atoms with E-state index >= 15 is 0 Å². The fourth-order valence-electron chi connectivity index (χ4n) is 7.39. The second kappa shape index (κ2) is 15.2. The van der Waals surface area contributed by atoms with Gasteiger partial charge in [-0.1, -0.05) is 167 Å². The van der Waals surface area contributed by atoms with Gasteiger partial charge in [-0.3, -0.25) is 4.79 Å². The van der Waals surface area contributed by atoms with Crippen LogP contribution in [0.1, 0.15) is 62.2 Å². The van der Waals surface area contributed by atoms with Gasteiger partial charge in [-0.25, -0.2) is 14.6 Å². The Kier molecular flexibility index (Phi) is 9.83. The number of nitrogens with one attached hydrogen (secondary N) is 1. The number of tetrazole rings is 1. The van der Waals surface area contributed by atoms with Crippen LogP contribution in [0.2, 0.25) is 0 Å². The van der Waals surface area contributed by atoms with Crippen LogP contribution in [-0.4, -0.2) is 40.6 Å². The van der Waals surface area contributed by atoms with E-state index in [-0.39, 0.29) is 5.91 Å². The highest BCUT2D eigenvalue weighted by Crippen LogP contribution is 2.43. The number of carbonyl (C=O) groups is 1. The molecule has 0 radical (unpaired) electrons. The molecule has 1 N–H and O–H groups in total. The lowest BCUT2D eigenvalue weighted by atomic mass is 9.77. The fraction of sp³-hybridized carbons (Fsp3) is 0.191. The minimum atomic E-state index is -0.868. The zero-order chi connectivity index (χ0) is 38.7. The summed E-state index contributed by atoms with van der Waals surface area (Å²) in [5.41, 5.74) is 7.35. The highest BCUT2D eigenvalue weighted by atomic mass is 16.2. The summed E-state index contributed by atoms with van der Waals surface area (Å²) in [6.07, 6.45) is 1.77. The van der Waals surface area contributed by atoms with Gasteiger partial charge in [0.2, 0.25) is 5.91 Å². The SMILES string of the molecule is CCCc1nc2ccc(NC(=O)C(C)(C)C)nc2n1Cc1ccc(-c2ccccc2-c2nnnn2C(c2ccccc2)(c2ccccc2)c2ccccc2)cc1. The number of amides is 1. The number of carbonyl (C=O) groups excluding carboxylic acids is 1. The summed E-state index contributed by atoms with van der Waals surface area (Å²) >= 11 is 0. The van der Waals surface area contributed by atoms with Crippen molar-refractivity contribution < 1.29 is 4.79 Å². The maximum Gasteiger partial charge on any atom is 0.230 e. The van der Waals surface area contributed by atoms with E-state index in [2.05, 4.69) is 137 Å². The van der Waals surface area contributed by atoms with Gasteiger partial charge in [0, 0.05) is 17.4 Å². The first-order valence-corrected chi connectivity index (χ1v) is 19.1. The van der Waals surface area contributed by atoms with E-state index in [4.69, 9.17) is 20.3 Å². The van der Waals surface area contributed by atoms with Gasteiger partial charge in [0.1, 0.15) is 22.7 Å². The summed E-state index contributed by atoms with van der Waals surface area (Å²) < 4.78 is 4.14. The maximum absolute atomic E-state index is 12.8. The molecule has 0 saturated carbocycles. The summed E-state index contributed by atoms with van der Waals surface area (Å²) in [6, 6.07) is 52.0. The number of hydrogen-bond donors (Lipinski definition) is 1. The number of anilines is 1. The quantitative estimate of drug-likeness (QED) is 0.133. The Balaban J connectivity index is 1.19. The molecular weight excluding hydrogens is 693 g/mol. The zero-order valence-electron chi connectivity index (χ0n) is 32.1. The second-order valence-corrected chi connectivity index (χ2v) is 15.1. The Morgan fingerprint density at radius 2 is 1.23 bits per heavy atom. The first-order valence-electron chi connectivity index (χ1n) is 19.1. The number of hydrogen-bond acceptors (Lipinski definition) is 6. The molecule has 0 spiro atoms. The van der Waals surface area contributed by atoms with E-state index in [0.717, 1.165) is 68.8 Å². The molecule has 0 fully saturated rings. The highest BCUT2D eigenvalue weighted by Gasteiger charge is 2.42. The van der Waals surface area contributed by atoms with Crippen molar-refractivity contribution in [2.24, 2.45) is 5.41 Å². The van der Waals surface area contributed by atoms with Gasteiger partial charge in [0.15, 0.2) is 11.5 Å². The second-order valence-electron chi connectivity index (χ2n) is 15.1. The van der Waals surface area contributed by atoms with Gasteiger partial charge in [-0.15, -0.1) is 5.10 Å². The first-order chi connectivity index (χ1) is 27.3. The molecule has 9 nitrogen and oxygen atoms in total. The minimum Gasteiger partial charge on any atom is -0.310 e. The summed E-state index contributed by atoms with van der Waals surface area (Å²) in [7, 11) is 0.